The molecule has 0 aliphatic carbocycles. The highest BCUT2D eigenvalue weighted by Gasteiger charge is 2.30. The molecule has 1 fully saturated rings. The molecule has 1 saturated heterocycles. The summed E-state index contributed by atoms with van der Waals surface area (Å²) in [6, 6.07) is 0. The van der Waals surface area contributed by atoms with Crippen LogP contribution in [0, 0.1) is 0 Å². The molecule has 0 aromatic heterocycles. The fraction of sp³-hybridized carbons (Fsp3) is 1.00. The van der Waals surface area contributed by atoms with Crippen LogP contribution in [0.3, 0.4) is 0 Å². The van der Waals surface area contributed by atoms with E-state index in [4.69, 9.17) is 4.74 Å². The molecule has 3 nitrogen and oxygen atoms in total. The molecule has 1 heterocycles. The topological polar surface area (TPSA) is 41.5 Å². The fourth-order valence-electron chi connectivity index (χ4n) is 1.28. The van der Waals surface area contributed by atoms with Gasteiger partial charge in [-0.1, -0.05) is 0 Å². The Bertz CT molecular complexity index is 134. The Kier molecular flexibility index (Phi) is 2.52. The molecule has 3 heteroatoms. The van der Waals surface area contributed by atoms with E-state index in [0.717, 1.165) is 13.1 Å². The molecule has 66 valence electrons. The molecule has 1 aliphatic heterocycles. The molecule has 0 spiro atoms. The van der Waals surface area contributed by atoms with E-state index in [0.29, 0.717) is 0 Å². The summed E-state index contributed by atoms with van der Waals surface area (Å²) in [6.45, 7) is 7.41. The van der Waals surface area contributed by atoms with Crippen molar-refractivity contribution in [1.82, 2.24) is 5.32 Å². The summed E-state index contributed by atoms with van der Waals surface area (Å²) in [4.78, 5) is 0. The number of aliphatic hydroxyl groups excluding tert-OH is 1. The van der Waals surface area contributed by atoms with Crippen LogP contribution in [0.4, 0.5) is 0 Å². The summed E-state index contributed by atoms with van der Waals surface area (Å²) in [5.74, 6) is 0. The van der Waals surface area contributed by atoms with E-state index in [1.165, 1.54) is 0 Å². The quantitative estimate of drug-likeness (QED) is 0.571. The molecule has 11 heavy (non-hydrogen) atoms. The molecule has 1 rings (SSSR count). The minimum atomic E-state index is -0.387. The molecule has 0 unspecified atom stereocenters. The molecule has 0 radical (unpaired) electrons. The summed E-state index contributed by atoms with van der Waals surface area (Å²) in [5, 5.41) is 12.5. The molecule has 1 aliphatic rings. The molecule has 0 bridgehead atoms. The van der Waals surface area contributed by atoms with Gasteiger partial charge in [0.1, 0.15) is 0 Å². The third-order valence-corrected chi connectivity index (χ3v) is 1.90. The van der Waals surface area contributed by atoms with Crippen LogP contribution >= 0.6 is 0 Å². The fourth-order valence-corrected chi connectivity index (χ4v) is 1.28. The second kappa shape index (κ2) is 3.09. The highest BCUT2D eigenvalue weighted by Crippen LogP contribution is 2.16. The van der Waals surface area contributed by atoms with Gasteiger partial charge in [0.15, 0.2) is 0 Å². The molecule has 2 atom stereocenters. The molecular formula is C8H17NO2. The minimum absolute atomic E-state index is 0.0567. The van der Waals surface area contributed by atoms with E-state index in [9.17, 15) is 5.11 Å². The van der Waals surface area contributed by atoms with Crippen molar-refractivity contribution in [1.29, 1.82) is 0 Å². The molecular weight excluding hydrogens is 142 g/mol. The summed E-state index contributed by atoms with van der Waals surface area (Å²) >= 11 is 0. The lowest BCUT2D eigenvalue weighted by atomic mass is 10.1. The summed E-state index contributed by atoms with van der Waals surface area (Å²) < 4.78 is 5.62. The number of nitrogens with one attached hydrogen (secondary N) is 1. The second-order valence-electron chi connectivity index (χ2n) is 3.79. The van der Waals surface area contributed by atoms with Crippen molar-refractivity contribution in [2.75, 3.05) is 13.1 Å². The van der Waals surface area contributed by atoms with Crippen LogP contribution in [0.2, 0.25) is 0 Å². The van der Waals surface area contributed by atoms with Gasteiger partial charge in [-0.05, 0) is 20.8 Å². The number of hydrogen-bond donors (Lipinski definition) is 2. The standard InChI is InChI=1S/C8H17NO2/c1-6(10)7-4-9-5-8(2,3)11-7/h6-7,9-10H,4-5H2,1-3H3/t6-,7+/m1/s1. The largest absolute Gasteiger partial charge is 0.391 e. The van der Waals surface area contributed by atoms with Gasteiger partial charge in [0.25, 0.3) is 0 Å². The zero-order chi connectivity index (χ0) is 8.48. The lowest BCUT2D eigenvalue weighted by Crippen LogP contribution is -2.53. The predicted molar refractivity (Wildman–Crippen MR) is 43.5 cm³/mol. The van der Waals surface area contributed by atoms with Crippen molar-refractivity contribution in [3.63, 3.8) is 0 Å². The molecule has 0 saturated carbocycles. The Morgan fingerprint density at radius 1 is 1.64 bits per heavy atom. The highest BCUT2D eigenvalue weighted by molar-refractivity contribution is 4.83. The van der Waals surface area contributed by atoms with Gasteiger partial charge in [0.05, 0.1) is 17.8 Å². The zero-order valence-corrected chi connectivity index (χ0v) is 7.42. The van der Waals surface area contributed by atoms with Crippen molar-refractivity contribution >= 4 is 0 Å². The van der Waals surface area contributed by atoms with Crippen LogP contribution in [-0.2, 0) is 4.74 Å². The number of hydrogen-bond acceptors (Lipinski definition) is 3. The molecule has 0 amide bonds. The van der Waals surface area contributed by atoms with Crippen LogP contribution in [0.1, 0.15) is 20.8 Å². The number of aliphatic hydroxyl groups is 1. The van der Waals surface area contributed by atoms with Gasteiger partial charge in [-0.2, -0.15) is 0 Å². The van der Waals surface area contributed by atoms with E-state index in [2.05, 4.69) is 5.32 Å². The Labute approximate surface area is 67.7 Å². The van der Waals surface area contributed by atoms with Crippen LogP contribution in [0.25, 0.3) is 0 Å². The average molecular weight is 159 g/mol. The molecule has 0 aromatic rings. The number of ether oxygens (including phenoxy) is 1. The number of rotatable bonds is 1. The van der Waals surface area contributed by atoms with Crippen molar-refractivity contribution in [2.24, 2.45) is 0 Å². The first-order valence-corrected chi connectivity index (χ1v) is 4.08. The van der Waals surface area contributed by atoms with E-state index >= 15 is 0 Å². The average Bonchev–Trinajstić information content (AvgIpc) is 1.85. The SMILES string of the molecule is C[C@@H](O)[C@@H]1CNCC(C)(C)O1. The Morgan fingerprint density at radius 2 is 2.27 bits per heavy atom. The third-order valence-electron chi connectivity index (χ3n) is 1.90. The maximum absolute atomic E-state index is 9.24. The summed E-state index contributed by atoms with van der Waals surface area (Å²) in [6.07, 6.45) is -0.444. The van der Waals surface area contributed by atoms with E-state index < -0.39 is 0 Å². The van der Waals surface area contributed by atoms with E-state index in [1.54, 1.807) is 6.92 Å². The van der Waals surface area contributed by atoms with E-state index in [-0.39, 0.29) is 17.8 Å². The monoisotopic (exact) mass is 159 g/mol. The van der Waals surface area contributed by atoms with Gasteiger partial charge in [0, 0.05) is 13.1 Å². The second-order valence-corrected chi connectivity index (χ2v) is 3.79. The van der Waals surface area contributed by atoms with Gasteiger partial charge in [-0.25, -0.2) is 0 Å². The van der Waals surface area contributed by atoms with Gasteiger partial charge < -0.3 is 15.2 Å². The normalized spacial score (nSPS) is 33.3. The van der Waals surface area contributed by atoms with E-state index in [1.807, 2.05) is 13.8 Å². The summed E-state index contributed by atoms with van der Waals surface area (Å²) in [7, 11) is 0. The van der Waals surface area contributed by atoms with Gasteiger partial charge in [-0.15, -0.1) is 0 Å². The smallest absolute Gasteiger partial charge is 0.0962 e. The van der Waals surface area contributed by atoms with Crippen molar-refractivity contribution in [3.8, 4) is 0 Å². The van der Waals surface area contributed by atoms with Gasteiger partial charge >= 0.3 is 0 Å². The maximum atomic E-state index is 9.24. The lowest BCUT2D eigenvalue weighted by molar-refractivity contribution is -0.132. The van der Waals surface area contributed by atoms with Crippen LogP contribution in [-0.4, -0.2) is 36.0 Å². The Hall–Kier alpha value is -0.120. The molecule has 0 aromatic carbocycles. The van der Waals surface area contributed by atoms with Crippen LogP contribution in [0.5, 0.6) is 0 Å². The first kappa shape index (κ1) is 8.97. The highest BCUT2D eigenvalue weighted by atomic mass is 16.5. The minimum Gasteiger partial charge on any atom is -0.391 e. The Morgan fingerprint density at radius 3 is 2.64 bits per heavy atom. The van der Waals surface area contributed by atoms with Gasteiger partial charge in [0.2, 0.25) is 0 Å². The maximum Gasteiger partial charge on any atom is 0.0962 e. The first-order chi connectivity index (χ1) is 5.01. The van der Waals surface area contributed by atoms with Crippen molar-refractivity contribution in [3.05, 3.63) is 0 Å². The third kappa shape index (κ3) is 2.43. The first-order valence-electron chi connectivity index (χ1n) is 4.08. The zero-order valence-electron chi connectivity index (χ0n) is 7.42. The van der Waals surface area contributed by atoms with Crippen molar-refractivity contribution < 1.29 is 9.84 Å². The Balaban J connectivity index is 2.46. The lowest BCUT2D eigenvalue weighted by Gasteiger charge is -2.37. The van der Waals surface area contributed by atoms with Crippen molar-refractivity contribution in [2.45, 2.75) is 38.6 Å². The number of morpholine rings is 1. The van der Waals surface area contributed by atoms with Gasteiger partial charge in [-0.3, -0.25) is 0 Å². The van der Waals surface area contributed by atoms with Crippen LogP contribution < -0.4 is 5.32 Å². The molecule has 2 N–H and O–H groups in total. The van der Waals surface area contributed by atoms with Crippen LogP contribution in [0.15, 0.2) is 0 Å². The predicted octanol–water partition coefficient (Wildman–Crippen LogP) is 0.134. The summed E-state index contributed by atoms with van der Waals surface area (Å²) in [5.41, 5.74) is -0.139.